The van der Waals surface area contributed by atoms with Gasteiger partial charge in [0.15, 0.2) is 5.16 Å². The van der Waals surface area contributed by atoms with Gasteiger partial charge in [0, 0.05) is 37.1 Å². The van der Waals surface area contributed by atoms with Gasteiger partial charge < -0.3 is 10.2 Å². The molecule has 26 heavy (non-hydrogen) atoms. The third kappa shape index (κ3) is 3.54. The van der Waals surface area contributed by atoms with Crippen molar-refractivity contribution >= 4 is 29.2 Å². The van der Waals surface area contributed by atoms with Crippen LogP contribution in [-0.2, 0) is 4.79 Å². The van der Waals surface area contributed by atoms with Gasteiger partial charge in [0.25, 0.3) is 0 Å². The van der Waals surface area contributed by atoms with Crippen molar-refractivity contribution in [2.75, 3.05) is 36.1 Å². The summed E-state index contributed by atoms with van der Waals surface area (Å²) in [5.74, 6) is 1.05. The van der Waals surface area contributed by atoms with E-state index in [1.54, 1.807) is 11.8 Å². The molecule has 3 aliphatic rings. The van der Waals surface area contributed by atoms with Crippen molar-refractivity contribution in [1.82, 2.24) is 14.9 Å². The number of carbonyl (C=O) groups is 1. The van der Waals surface area contributed by atoms with Crippen LogP contribution in [-0.4, -0.2) is 58.7 Å². The summed E-state index contributed by atoms with van der Waals surface area (Å²) in [6, 6.07) is 10.7. The van der Waals surface area contributed by atoms with E-state index in [0.29, 0.717) is 18.6 Å². The molecular formula is C19H23N5OS. The molecule has 0 saturated carbocycles. The smallest absolute Gasteiger partial charge is 0.238 e. The number of hydrogen-bond donors (Lipinski definition) is 1. The van der Waals surface area contributed by atoms with Gasteiger partial charge in [-0.2, -0.15) is 0 Å². The number of fused-ring (bicyclic) bond motifs is 2. The van der Waals surface area contributed by atoms with Crippen LogP contribution in [0.3, 0.4) is 0 Å². The molecule has 3 aliphatic heterocycles. The molecule has 136 valence electrons. The minimum absolute atomic E-state index is 0.0590. The van der Waals surface area contributed by atoms with Crippen molar-refractivity contribution in [3.63, 3.8) is 0 Å². The van der Waals surface area contributed by atoms with E-state index in [1.165, 1.54) is 5.56 Å². The Labute approximate surface area is 158 Å². The Balaban J connectivity index is 1.34. The van der Waals surface area contributed by atoms with E-state index >= 15 is 0 Å². The fourth-order valence-corrected chi connectivity index (χ4v) is 4.09. The Hall–Kier alpha value is -2.12. The highest BCUT2D eigenvalue weighted by molar-refractivity contribution is 7.98. The van der Waals surface area contributed by atoms with E-state index in [-0.39, 0.29) is 5.91 Å². The molecular weight excluding hydrogens is 346 g/mol. The second kappa shape index (κ2) is 7.25. The van der Waals surface area contributed by atoms with Crippen LogP contribution < -0.4 is 10.2 Å². The van der Waals surface area contributed by atoms with Crippen molar-refractivity contribution in [3.8, 4) is 0 Å². The molecule has 2 aromatic rings. The molecule has 1 amide bonds. The lowest BCUT2D eigenvalue weighted by Crippen LogP contribution is -2.69. The standard InChI is InChI=1S/C19H23N5OS/c1-13-3-5-14(6-4-13)21-18(25)12-24-15-9-16(24)11-23(10-15)17-7-8-20-19(22-17)26-2/h3-8,15-16H,9-12H2,1-2H3,(H,21,25). The largest absolute Gasteiger partial charge is 0.353 e. The summed E-state index contributed by atoms with van der Waals surface area (Å²) < 4.78 is 0. The number of benzene rings is 1. The van der Waals surface area contributed by atoms with E-state index in [1.807, 2.05) is 49.7 Å². The van der Waals surface area contributed by atoms with Crippen LogP contribution in [0.25, 0.3) is 0 Å². The zero-order valence-corrected chi connectivity index (χ0v) is 15.9. The van der Waals surface area contributed by atoms with Gasteiger partial charge in [-0.05, 0) is 37.8 Å². The Bertz CT molecular complexity index is 785. The predicted octanol–water partition coefficient (Wildman–Crippen LogP) is 2.41. The van der Waals surface area contributed by atoms with E-state index in [2.05, 4.69) is 25.1 Å². The number of piperidine rings is 1. The van der Waals surface area contributed by atoms with Crippen LogP contribution in [0, 0.1) is 6.92 Å². The lowest BCUT2D eigenvalue weighted by molar-refractivity contribution is -0.121. The summed E-state index contributed by atoms with van der Waals surface area (Å²) in [5.41, 5.74) is 2.05. The van der Waals surface area contributed by atoms with Crippen molar-refractivity contribution < 1.29 is 4.79 Å². The van der Waals surface area contributed by atoms with Crippen LogP contribution in [0.5, 0.6) is 0 Å². The van der Waals surface area contributed by atoms with Gasteiger partial charge in [-0.15, -0.1) is 0 Å². The number of piperazine rings is 1. The third-order valence-corrected chi connectivity index (χ3v) is 5.69. The number of rotatable bonds is 5. The molecule has 2 unspecified atom stereocenters. The molecule has 3 saturated heterocycles. The fourth-order valence-electron chi connectivity index (χ4n) is 3.74. The first-order valence-corrected chi connectivity index (χ1v) is 10.1. The third-order valence-electron chi connectivity index (χ3n) is 5.13. The number of nitrogens with one attached hydrogen (secondary N) is 1. The van der Waals surface area contributed by atoms with Gasteiger partial charge in [0.1, 0.15) is 5.82 Å². The van der Waals surface area contributed by atoms with Gasteiger partial charge in [-0.1, -0.05) is 29.5 Å². The molecule has 2 bridgehead atoms. The van der Waals surface area contributed by atoms with Gasteiger partial charge in [-0.3, -0.25) is 9.69 Å². The van der Waals surface area contributed by atoms with E-state index in [4.69, 9.17) is 0 Å². The first-order chi connectivity index (χ1) is 12.6. The molecule has 0 spiro atoms. The maximum Gasteiger partial charge on any atom is 0.238 e. The minimum Gasteiger partial charge on any atom is -0.353 e. The highest BCUT2D eigenvalue weighted by Gasteiger charge is 2.45. The number of carbonyl (C=O) groups excluding carboxylic acids is 1. The number of aryl methyl sites for hydroxylation is 1. The monoisotopic (exact) mass is 369 g/mol. The second-order valence-electron chi connectivity index (χ2n) is 6.94. The van der Waals surface area contributed by atoms with Crippen LogP contribution >= 0.6 is 11.8 Å². The van der Waals surface area contributed by atoms with Crippen molar-refractivity contribution in [3.05, 3.63) is 42.1 Å². The molecule has 3 fully saturated rings. The summed E-state index contributed by atoms with van der Waals surface area (Å²) in [4.78, 5) is 25.9. The minimum atomic E-state index is 0.0590. The first kappa shape index (κ1) is 17.3. The number of thioether (sulfide) groups is 1. The van der Waals surface area contributed by atoms with E-state index in [0.717, 1.165) is 36.2 Å². The normalized spacial score (nSPS) is 22.0. The number of hydrogen-bond acceptors (Lipinski definition) is 6. The molecule has 0 aliphatic carbocycles. The molecule has 1 aromatic heterocycles. The van der Waals surface area contributed by atoms with Gasteiger partial charge >= 0.3 is 0 Å². The summed E-state index contributed by atoms with van der Waals surface area (Å²) in [6.07, 6.45) is 4.97. The zero-order chi connectivity index (χ0) is 18.1. The van der Waals surface area contributed by atoms with Crippen molar-refractivity contribution in [2.24, 2.45) is 0 Å². The molecule has 5 rings (SSSR count). The van der Waals surface area contributed by atoms with E-state index < -0.39 is 0 Å². The first-order valence-electron chi connectivity index (χ1n) is 8.86. The summed E-state index contributed by atoms with van der Waals surface area (Å²) in [6.45, 7) is 4.33. The quantitative estimate of drug-likeness (QED) is 0.645. The molecule has 0 radical (unpaired) electrons. The topological polar surface area (TPSA) is 61.4 Å². The second-order valence-corrected chi connectivity index (χ2v) is 7.71. The average molecular weight is 369 g/mol. The molecule has 2 atom stereocenters. The summed E-state index contributed by atoms with van der Waals surface area (Å²) in [5, 5.41) is 3.80. The van der Waals surface area contributed by atoms with Gasteiger partial charge in [0.2, 0.25) is 5.91 Å². The molecule has 4 heterocycles. The molecule has 7 heteroatoms. The highest BCUT2D eigenvalue weighted by atomic mass is 32.2. The lowest BCUT2D eigenvalue weighted by atomic mass is 9.87. The Kier molecular flexibility index (Phi) is 4.82. The zero-order valence-electron chi connectivity index (χ0n) is 15.1. The number of nitrogens with zero attached hydrogens (tertiary/aromatic N) is 4. The van der Waals surface area contributed by atoms with Crippen LogP contribution in [0.2, 0.25) is 0 Å². The Morgan fingerprint density at radius 3 is 2.65 bits per heavy atom. The maximum absolute atomic E-state index is 12.4. The number of anilines is 2. The van der Waals surface area contributed by atoms with Crippen molar-refractivity contribution in [2.45, 2.75) is 30.6 Å². The number of amides is 1. The van der Waals surface area contributed by atoms with Crippen molar-refractivity contribution in [1.29, 1.82) is 0 Å². The summed E-state index contributed by atoms with van der Waals surface area (Å²) in [7, 11) is 0. The highest BCUT2D eigenvalue weighted by Crippen LogP contribution is 2.34. The predicted molar refractivity (Wildman–Crippen MR) is 105 cm³/mol. The maximum atomic E-state index is 12.4. The van der Waals surface area contributed by atoms with Crippen LogP contribution in [0.4, 0.5) is 11.5 Å². The average Bonchev–Trinajstić information content (AvgIpc) is 2.68. The van der Waals surface area contributed by atoms with Crippen LogP contribution in [0.15, 0.2) is 41.7 Å². The van der Waals surface area contributed by atoms with Gasteiger partial charge in [-0.25, -0.2) is 9.97 Å². The molecule has 6 nitrogen and oxygen atoms in total. The Morgan fingerprint density at radius 1 is 1.23 bits per heavy atom. The summed E-state index contributed by atoms with van der Waals surface area (Å²) >= 11 is 1.56. The lowest BCUT2D eigenvalue weighted by Gasteiger charge is -2.56. The molecule has 1 N–H and O–H groups in total. The molecule has 1 aromatic carbocycles. The van der Waals surface area contributed by atoms with E-state index in [9.17, 15) is 4.79 Å². The Morgan fingerprint density at radius 2 is 1.96 bits per heavy atom. The van der Waals surface area contributed by atoms with Crippen LogP contribution in [0.1, 0.15) is 12.0 Å². The van der Waals surface area contributed by atoms with Gasteiger partial charge in [0.05, 0.1) is 6.54 Å². The number of aromatic nitrogens is 2. The SMILES string of the molecule is CSc1nccc(N2CC3CC(C2)N3CC(=O)Nc2ccc(C)cc2)n1. The fraction of sp³-hybridized carbons (Fsp3) is 0.421.